The number of hydrogen-bond donors (Lipinski definition) is 0. The quantitative estimate of drug-likeness (QED) is 0.144. The largest absolute Gasteiger partial charge is 0.309 e. The molecule has 8 heteroatoms. The Hall–Kier alpha value is -13.2. The third-order valence-electron chi connectivity index (χ3n) is 18.7. The molecule has 5 aromatic heterocycles. The van der Waals surface area contributed by atoms with Gasteiger partial charge in [-0.15, -0.1) is 0 Å². The zero-order valence-electron chi connectivity index (χ0n) is 51.9. The number of hydrogen-bond acceptors (Lipinski definition) is 4. The number of nitrogens with zero attached hydrogens (tertiary/aromatic N) is 8. The van der Waals surface area contributed by atoms with Crippen molar-refractivity contribution < 1.29 is 0 Å². The Morgan fingerprint density at radius 1 is 0.229 bits per heavy atom. The van der Waals surface area contributed by atoms with Crippen LogP contribution in [0.5, 0.6) is 0 Å². The molecule has 0 aliphatic rings. The second-order valence-corrected chi connectivity index (χ2v) is 24.1. The topological polar surface area (TPSA) is 82.2 Å². The minimum atomic E-state index is 0.625. The number of benzene rings is 14. The standard InChI is InChI=1S/C51H33N5.C37H23N3/c1-5-17-34(18-6-1)49-52-50(35-19-7-2-8-20-35)54-51(53-49)42-28-15-27-41-47-39(26-16-30-46(47)56(48(41)42)38-23-11-4-12-24-38)36-31-32-45-43(33-36)40-25-13-14-29-44(40)55(45)37-21-9-3-10-22-37;38-24-26-19-21-29(36-31-16-8-10-18-34(31)40(37(26)36)28-13-5-2-6-14-28)25-20-22-35-32(23-25)30-15-7-9-17-33(30)39(35)27-11-3-1-4-12-27/h1-33H;1-23H. The van der Waals surface area contributed by atoms with Gasteiger partial charge in [-0.05, 0) is 131 Å². The maximum Gasteiger partial charge on any atom is 0.166 e. The lowest BCUT2D eigenvalue weighted by molar-refractivity contribution is 1.07. The molecule has 0 bridgehead atoms. The van der Waals surface area contributed by atoms with Crippen molar-refractivity contribution in [3.63, 3.8) is 0 Å². The van der Waals surface area contributed by atoms with E-state index in [4.69, 9.17) is 15.0 Å². The molecule has 0 N–H and O–H groups in total. The summed E-state index contributed by atoms with van der Waals surface area (Å²) in [5.74, 6) is 1.90. The molecule has 0 atom stereocenters. The van der Waals surface area contributed by atoms with Crippen LogP contribution in [0, 0.1) is 11.3 Å². The van der Waals surface area contributed by atoms with Crippen molar-refractivity contribution in [2.45, 2.75) is 0 Å². The van der Waals surface area contributed by atoms with Crippen LogP contribution in [0.25, 0.3) is 166 Å². The molecule has 0 fully saturated rings. The van der Waals surface area contributed by atoms with Gasteiger partial charge in [0.1, 0.15) is 6.07 Å². The van der Waals surface area contributed by atoms with Crippen LogP contribution in [0.1, 0.15) is 5.56 Å². The highest BCUT2D eigenvalue weighted by Gasteiger charge is 2.25. The first-order valence-corrected chi connectivity index (χ1v) is 32.3. The summed E-state index contributed by atoms with van der Waals surface area (Å²) in [6, 6.07) is 122. The first kappa shape index (κ1) is 55.6. The number of rotatable bonds is 9. The fraction of sp³-hybridized carbons (Fsp3) is 0. The van der Waals surface area contributed by atoms with Gasteiger partial charge in [-0.1, -0.05) is 231 Å². The molecule has 0 unspecified atom stereocenters. The van der Waals surface area contributed by atoms with Gasteiger partial charge in [-0.2, -0.15) is 5.26 Å². The molecule has 14 aromatic carbocycles. The molecule has 0 aliphatic carbocycles. The van der Waals surface area contributed by atoms with Crippen molar-refractivity contribution >= 4 is 87.2 Å². The molecule has 96 heavy (non-hydrogen) atoms. The lowest BCUT2D eigenvalue weighted by Crippen LogP contribution is -2.02. The zero-order valence-corrected chi connectivity index (χ0v) is 51.9. The summed E-state index contributed by atoms with van der Waals surface area (Å²) in [4.78, 5) is 15.4. The summed E-state index contributed by atoms with van der Waals surface area (Å²) in [5, 5.41) is 19.6. The molecule has 19 aromatic rings. The van der Waals surface area contributed by atoms with Gasteiger partial charge in [0, 0.05) is 82.5 Å². The third-order valence-corrected chi connectivity index (χ3v) is 18.7. The molecule has 0 saturated carbocycles. The maximum atomic E-state index is 10.2. The smallest absolute Gasteiger partial charge is 0.166 e. The van der Waals surface area contributed by atoms with Crippen LogP contribution >= 0.6 is 0 Å². The molecule has 0 spiro atoms. The molecule has 19 rings (SSSR count). The van der Waals surface area contributed by atoms with Crippen LogP contribution in [0.15, 0.2) is 340 Å². The minimum absolute atomic E-state index is 0.625. The predicted octanol–water partition coefficient (Wildman–Crippen LogP) is 22.2. The predicted molar refractivity (Wildman–Crippen MR) is 396 cm³/mol. The Balaban J connectivity index is 0.000000148. The Kier molecular flexibility index (Phi) is 13.4. The molecule has 0 radical (unpaired) electrons. The SMILES string of the molecule is N#Cc1ccc(-c2ccc3c(c2)c2ccccc2n3-c2ccccc2)c2c3ccccc3n(-c3ccccc3)c12.c1ccc(-c2nc(-c3ccccc3)nc(-c3cccc4c5c(-c6ccc7c(c6)c6ccccc6n7-c6ccccc6)cccc5n(-c5ccccc5)c34)n2)cc1. The lowest BCUT2D eigenvalue weighted by Gasteiger charge is -2.12. The van der Waals surface area contributed by atoms with Crippen LogP contribution in [-0.4, -0.2) is 33.2 Å². The van der Waals surface area contributed by atoms with Crippen molar-refractivity contribution in [3.8, 4) is 85.2 Å². The Morgan fingerprint density at radius 3 is 1.09 bits per heavy atom. The zero-order chi connectivity index (χ0) is 63.6. The third kappa shape index (κ3) is 9.17. The average Bonchev–Trinajstić information content (AvgIpc) is 1.57. The fourth-order valence-corrected chi connectivity index (χ4v) is 14.6. The summed E-state index contributed by atoms with van der Waals surface area (Å²) in [7, 11) is 0. The molecule has 448 valence electrons. The summed E-state index contributed by atoms with van der Waals surface area (Å²) in [6.07, 6.45) is 0. The van der Waals surface area contributed by atoms with Gasteiger partial charge in [0.15, 0.2) is 17.5 Å². The Labute approximate surface area is 553 Å². The Morgan fingerprint density at radius 2 is 0.594 bits per heavy atom. The van der Waals surface area contributed by atoms with Crippen LogP contribution in [0.2, 0.25) is 0 Å². The fourth-order valence-electron chi connectivity index (χ4n) is 14.6. The maximum absolute atomic E-state index is 10.2. The summed E-state index contributed by atoms with van der Waals surface area (Å²) in [6.45, 7) is 0. The highest BCUT2D eigenvalue weighted by molar-refractivity contribution is 6.21. The Bertz CT molecular complexity index is 6180. The van der Waals surface area contributed by atoms with E-state index in [1.54, 1.807) is 0 Å². The molecular formula is C88H56N8. The second-order valence-electron chi connectivity index (χ2n) is 24.1. The monoisotopic (exact) mass is 1220 g/mol. The van der Waals surface area contributed by atoms with E-state index in [2.05, 4.69) is 303 Å². The summed E-state index contributed by atoms with van der Waals surface area (Å²) >= 11 is 0. The number of fused-ring (bicyclic) bond motifs is 12. The van der Waals surface area contributed by atoms with Gasteiger partial charge in [-0.3, -0.25) is 0 Å². The van der Waals surface area contributed by atoms with Crippen LogP contribution < -0.4 is 0 Å². The van der Waals surface area contributed by atoms with Crippen molar-refractivity contribution in [2.75, 3.05) is 0 Å². The van der Waals surface area contributed by atoms with Crippen molar-refractivity contribution in [1.29, 1.82) is 5.26 Å². The number of aromatic nitrogens is 7. The first-order chi connectivity index (χ1) is 47.6. The van der Waals surface area contributed by atoms with Gasteiger partial charge in [0.25, 0.3) is 0 Å². The molecule has 0 saturated heterocycles. The van der Waals surface area contributed by atoms with E-state index >= 15 is 0 Å². The molecular weight excluding hydrogens is 1170 g/mol. The van der Waals surface area contributed by atoms with E-state index in [0.29, 0.717) is 23.0 Å². The first-order valence-electron chi connectivity index (χ1n) is 32.3. The van der Waals surface area contributed by atoms with E-state index in [-0.39, 0.29) is 0 Å². The highest BCUT2D eigenvalue weighted by atomic mass is 15.1. The van der Waals surface area contributed by atoms with E-state index < -0.39 is 0 Å². The lowest BCUT2D eigenvalue weighted by atomic mass is 9.96. The second kappa shape index (κ2) is 23.2. The van der Waals surface area contributed by atoms with Gasteiger partial charge < -0.3 is 18.3 Å². The number of nitriles is 1. The van der Waals surface area contributed by atoms with Gasteiger partial charge in [0.2, 0.25) is 0 Å². The van der Waals surface area contributed by atoms with Gasteiger partial charge >= 0.3 is 0 Å². The van der Waals surface area contributed by atoms with E-state index in [1.807, 2.05) is 60.7 Å². The van der Waals surface area contributed by atoms with E-state index in [9.17, 15) is 5.26 Å². The van der Waals surface area contributed by atoms with Crippen LogP contribution in [0.3, 0.4) is 0 Å². The normalized spacial score (nSPS) is 11.5. The van der Waals surface area contributed by atoms with Crippen LogP contribution in [0.4, 0.5) is 0 Å². The van der Waals surface area contributed by atoms with Gasteiger partial charge in [0.05, 0.1) is 49.7 Å². The van der Waals surface area contributed by atoms with Crippen molar-refractivity contribution in [3.05, 3.63) is 345 Å². The molecule has 0 aliphatic heterocycles. The van der Waals surface area contributed by atoms with Crippen molar-refractivity contribution in [2.24, 2.45) is 0 Å². The molecule has 5 heterocycles. The van der Waals surface area contributed by atoms with Crippen molar-refractivity contribution in [1.82, 2.24) is 33.2 Å². The van der Waals surface area contributed by atoms with E-state index in [0.717, 1.165) is 94.4 Å². The number of para-hydroxylation sites is 8. The minimum Gasteiger partial charge on any atom is -0.309 e. The molecule has 0 amide bonds. The summed E-state index contributed by atoms with van der Waals surface area (Å²) < 4.78 is 9.30. The van der Waals surface area contributed by atoms with Gasteiger partial charge in [-0.25, -0.2) is 15.0 Å². The van der Waals surface area contributed by atoms with Crippen LogP contribution in [-0.2, 0) is 0 Å². The molecule has 8 nitrogen and oxygen atoms in total. The summed E-state index contributed by atoms with van der Waals surface area (Å²) in [5.41, 5.74) is 21.4. The van der Waals surface area contributed by atoms with E-state index in [1.165, 1.54) is 54.6 Å². The highest BCUT2D eigenvalue weighted by Crippen LogP contribution is 2.46. The average molecular weight is 1230 g/mol.